The lowest BCUT2D eigenvalue weighted by atomic mass is 10.2. The number of aryl methyl sites for hydroxylation is 2. The molecule has 1 heterocycles. The van der Waals surface area contributed by atoms with E-state index in [9.17, 15) is 0 Å². The number of ether oxygens (including phenoxy) is 1. The first-order valence-corrected chi connectivity index (χ1v) is 9.39. The highest BCUT2D eigenvalue weighted by atomic mass is 127. The second-order valence-corrected chi connectivity index (χ2v) is 7.44. The standard InChI is InChI=1S/C19H28N4OS.HI/c1-14(12-24-13-17-8-6-5-7-9-17)10-21-19(20-4)22-11-18-15(2)23-16(3)25-18;/h5-9,14H,10-13H2,1-4H3,(H2,20,21,22);1H. The third kappa shape index (κ3) is 8.01. The van der Waals surface area contributed by atoms with Gasteiger partial charge in [0.2, 0.25) is 0 Å². The van der Waals surface area contributed by atoms with E-state index in [1.807, 2.05) is 32.0 Å². The van der Waals surface area contributed by atoms with Gasteiger partial charge in [-0.05, 0) is 25.3 Å². The lowest BCUT2D eigenvalue weighted by Crippen LogP contribution is -2.39. The molecule has 7 heteroatoms. The van der Waals surface area contributed by atoms with Crippen molar-refractivity contribution >= 4 is 41.3 Å². The number of nitrogens with one attached hydrogen (secondary N) is 2. The third-order valence-electron chi connectivity index (χ3n) is 3.77. The molecule has 0 saturated heterocycles. The number of hydrogen-bond donors (Lipinski definition) is 2. The summed E-state index contributed by atoms with van der Waals surface area (Å²) in [5, 5.41) is 7.80. The number of hydrogen-bond acceptors (Lipinski definition) is 4. The van der Waals surface area contributed by atoms with Crippen molar-refractivity contribution in [3.8, 4) is 0 Å². The lowest BCUT2D eigenvalue weighted by molar-refractivity contribution is 0.0931. The molecule has 5 nitrogen and oxygen atoms in total. The van der Waals surface area contributed by atoms with Crippen LogP contribution in [-0.2, 0) is 17.9 Å². The number of nitrogens with zero attached hydrogens (tertiary/aromatic N) is 2. The summed E-state index contributed by atoms with van der Waals surface area (Å²) >= 11 is 1.72. The fourth-order valence-corrected chi connectivity index (χ4v) is 3.28. The predicted octanol–water partition coefficient (Wildman–Crippen LogP) is 3.90. The highest BCUT2D eigenvalue weighted by Crippen LogP contribution is 2.16. The first-order valence-electron chi connectivity index (χ1n) is 8.57. The van der Waals surface area contributed by atoms with Crippen LogP contribution in [-0.4, -0.2) is 31.1 Å². The SMILES string of the molecule is CN=C(NCc1sc(C)nc1C)NCC(C)COCc1ccccc1.I. The smallest absolute Gasteiger partial charge is 0.191 e. The molecule has 0 aliphatic heterocycles. The Morgan fingerprint density at radius 2 is 1.96 bits per heavy atom. The van der Waals surface area contributed by atoms with E-state index in [4.69, 9.17) is 4.74 Å². The van der Waals surface area contributed by atoms with Gasteiger partial charge in [-0.2, -0.15) is 0 Å². The van der Waals surface area contributed by atoms with Gasteiger partial charge in [0.1, 0.15) is 0 Å². The number of rotatable bonds is 8. The molecule has 2 rings (SSSR count). The van der Waals surface area contributed by atoms with E-state index in [0.29, 0.717) is 19.1 Å². The molecule has 0 amide bonds. The molecule has 0 spiro atoms. The maximum atomic E-state index is 5.79. The molecule has 2 aromatic rings. The van der Waals surface area contributed by atoms with Gasteiger partial charge in [-0.25, -0.2) is 4.98 Å². The van der Waals surface area contributed by atoms with E-state index in [1.165, 1.54) is 10.4 Å². The van der Waals surface area contributed by atoms with Crippen molar-refractivity contribution in [2.45, 2.75) is 33.9 Å². The minimum Gasteiger partial charge on any atom is -0.376 e. The number of guanidine groups is 1. The van der Waals surface area contributed by atoms with Crippen LogP contribution >= 0.6 is 35.3 Å². The summed E-state index contributed by atoms with van der Waals surface area (Å²) in [5.41, 5.74) is 2.29. The zero-order chi connectivity index (χ0) is 18.1. The summed E-state index contributed by atoms with van der Waals surface area (Å²) in [5.74, 6) is 1.20. The van der Waals surface area contributed by atoms with Crippen LogP contribution in [0, 0.1) is 19.8 Å². The molecule has 144 valence electrons. The van der Waals surface area contributed by atoms with Gasteiger partial charge in [0.25, 0.3) is 0 Å². The van der Waals surface area contributed by atoms with Crippen LogP contribution in [0.2, 0.25) is 0 Å². The van der Waals surface area contributed by atoms with Crippen molar-refractivity contribution in [2.24, 2.45) is 10.9 Å². The normalized spacial score (nSPS) is 12.4. The first-order chi connectivity index (χ1) is 12.1. The molecule has 0 aliphatic rings. The molecule has 0 aliphatic carbocycles. The molecule has 1 atom stereocenters. The van der Waals surface area contributed by atoms with Crippen molar-refractivity contribution in [1.29, 1.82) is 0 Å². The molecule has 1 aromatic heterocycles. The minimum absolute atomic E-state index is 0. The van der Waals surface area contributed by atoms with E-state index in [-0.39, 0.29) is 24.0 Å². The maximum Gasteiger partial charge on any atom is 0.191 e. The highest BCUT2D eigenvalue weighted by Gasteiger charge is 2.07. The average molecular weight is 488 g/mol. The summed E-state index contributed by atoms with van der Waals surface area (Å²) in [6.07, 6.45) is 0. The Morgan fingerprint density at radius 1 is 1.23 bits per heavy atom. The second-order valence-electron chi connectivity index (χ2n) is 6.15. The predicted molar refractivity (Wildman–Crippen MR) is 120 cm³/mol. The Hall–Kier alpha value is -1.19. The number of benzene rings is 1. The Kier molecular flexibility index (Phi) is 10.8. The van der Waals surface area contributed by atoms with E-state index < -0.39 is 0 Å². The fraction of sp³-hybridized carbons (Fsp3) is 0.474. The minimum atomic E-state index is 0. The largest absolute Gasteiger partial charge is 0.376 e. The van der Waals surface area contributed by atoms with Crippen molar-refractivity contribution < 1.29 is 4.74 Å². The summed E-state index contributed by atoms with van der Waals surface area (Å²) < 4.78 is 5.79. The van der Waals surface area contributed by atoms with Gasteiger partial charge < -0.3 is 15.4 Å². The monoisotopic (exact) mass is 488 g/mol. The van der Waals surface area contributed by atoms with Gasteiger partial charge in [-0.1, -0.05) is 37.3 Å². The zero-order valence-electron chi connectivity index (χ0n) is 15.9. The Labute approximate surface area is 177 Å². The molecule has 0 radical (unpaired) electrons. The number of aromatic nitrogens is 1. The molecule has 1 unspecified atom stereocenters. The van der Waals surface area contributed by atoms with Crippen LogP contribution in [0.4, 0.5) is 0 Å². The Balaban J connectivity index is 0.00000338. The summed E-state index contributed by atoms with van der Waals surface area (Å²) in [6, 6.07) is 10.2. The Bertz CT molecular complexity index is 675. The van der Waals surface area contributed by atoms with E-state index in [2.05, 4.69) is 39.7 Å². The zero-order valence-corrected chi connectivity index (χ0v) is 19.1. The van der Waals surface area contributed by atoms with Gasteiger partial charge in [0.05, 0.1) is 30.5 Å². The second kappa shape index (κ2) is 12.2. The van der Waals surface area contributed by atoms with Crippen LogP contribution in [0.15, 0.2) is 35.3 Å². The average Bonchev–Trinajstić information content (AvgIpc) is 2.93. The molecule has 2 N–H and O–H groups in total. The van der Waals surface area contributed by atoms with Gasteiger partial charge in [0, 0.05) is 18.5 Å². The molecule has 0 saturated carbocycles. The number of thiazole rings is 1. The topological polar surface area (TPSA) is 58.5 Å². The molecular weight excluding hydrogens is 459 g/mol. The molecule has 1 aromatic carbocycles. The first kappa shape index (κ1) is 22.9. The van der Waals surface area contributed by atoms with Gasteiger partial charge in [-0.15, -0.1) is 35.3 Å². The summed E-state index contributed by atoms with van der Waals surface area (Å²) in [4.78, 5) is 9.98. The molecule has 26 heavy (non-hydrogen) atoms. The molecule has 0 bridgehead atoms. The quantitative estimate of drug-likeness (QED) is 0.336. The van der Waals surface area contributed by atoms with Crippen LogP contribution < -0.4 is 10.6 Å². The van der Waals surface area contributed by atoms with Gasteiger partial charge >= 0.3 is 0 Å². The van der Waals surface area contributed by atoms with Crippen LogP contribution in [0.3, 0.4) is 0 Å². The molecular formula is C19H29IN4OS. The third-order valence-corrected chi connectivity index (χ3v) is 4.84. The lowest BCUT2D eigenvalue weighted by Gasteiger charge is -2.16. The van der Waals surface area contributed by atoms with Gasteiger partial charge in [0.15, 0.2) is 5.96 Å². The van der Waals surface area contributed by atoms with E-state index in [0.717, 1.165) is 29.8 Å². The van der Waals surface area contributed by atoms with Crippen LogP contribution in [0.5, 0.6) is 0 Å². The van der Waals surface area contributed by atoms with Crippen molar-refractivity contribution in [1.82, 2.24) is 15.6 Å². The van der Waals surface area contributed by atoms with Crippen LogP contribution in [0.1, 0.15) is 28.1 Å². The van der Waals surface area contributed by atoms with E-state index in [1.54, 1.807) is 18.4 Å². The maximum absolute atomic E-state index is 5.79. The number of halogens is 1. The summed E-state index contributed by atoms with van der Waals surface area (Å²) in [6.45, 7) is 9.18. The summed E-state index contributed by atoms with van der Waals surface area (Å²) in [7, 11) is 1.79. The van der Waals surface area contributed by atoms with Crippen LogP contribution in [0.25, 0.3) is 0 Å². The fourth-order valence-electron chi connectivity index (χ4n) is 2.40. The van der Waals surface area contributed by atoms with Crippen molar-refractivity contribution in [3.63, 3.8) is 0 Å². The molecule has 0 fully saturated rings. The van der Waals surface area contributed by atoms with Crippen molar-refractivity contribution in [2.75, 3.05) is 20.2 Å². The number of aliphatic imine (C=N–C) groups is 1. The van der Waals surface area contributed by atoms with Gasteiger partial charge in [-0.3, -0.25) is 4.99 Å². The van der Waals surface area contributed by atoms with E-state index >= 15 is 0 Å². The highest BCUT2D eigenvalue weighted by molar-refractivity contribution is 14.0. The van der Waals surface area contributed by atoms with Crippen molar-refractivity contribution in [3.05, 3.63) is 51.5 Å². The Morgan fingerprint density at radius 3 is 2.58 bits per heavy atom.